The highest BCUT2D eigenvalue weighted by atomic mass is 19.1. The van der Waals surface area contributed by atoms with Crippen molar-refractivity contribution in [3.63, 3.8) is 0 Å². The molecule has 7 heteroatoms. The van der Waals surface area contributed by atoms with E-state index in [1.165, 1.54) is 12.1 Å². The highest BCUT2D eigenvalue weighted by Gasteiger charge is 2.47. The van der Waals surface area contributed by atoms with E-state index in [2.05, 4.69) is 17.2 Å². The number of hydrogen-bond donors (Lipinski definition) is 1. The molecule has 2 aromatic rings. The van der Waals surface area contributed by atoms with Crippen LogP contribution < -0.4 is 5.32 Å². The fourth-order valence-electron chi connectivity index (χ4n) is 5.06. The molecular weight excluding hydrogens is 395 g/mol. The third kappa shape index (κ3) is 4.15. The van der Waals surface area contributed by atoms with Crippen LogP contribution in [-0.2, 0) is 20.4 Å². The second-order valence-electron chi connectivity index (χ2n) is 9.03. The molecule has 1 atom stereocenters. The van der Waals surface area contributed by atoms with Crippen LogP contribution in [0.15, 0.2) is 30.3 Å². The van der Waals surface area contributed by atoms with Gasteiger partial charge >= 0.3 is 0 Å². The van der Waals surface area contributed by atoms with Crippen molar-refractivity contribution in [1.29, 1.82) is 0 Å². The van der Waals surface area contributed by atoms with Crippen molar-refractivity contribution < 1.29 is 13.9 Å². The predicted octanol–water partition coefficient (Wildman–Crippen LogP) is 3.59. The summed E-state index contributed by atoms with van der Waals surface area (Å²) in [5.41, 5.74) is 0.703. The normalized spacial score (nSPS) is 23.4. The molecule has 0 aliphatic carbocycles. The molecule has 2 fully saturated rings. The molecule has 1 aromatic carbocycles. The number of likely N-dealkylation sites (tertiary alicyclic amines) is 1. The number of piperidine rings is 1. The number of halogens is 1. The zero-order valence-electron chi connectivity index (χ0n) is 18.6. The minimum Gasteiger partial charge on any atom is -0.381 e. The average Bonchev–Trinajstić information content (AvgIpc) is 2.78. The van der Waals surface area contributed by atoms with E-state index in [-0.39, 0.29) is 17.1 Å². The van der Waals surface area contributed by atoms with Gasteiger partial charge in [-0.1, -0.05) is 19.1 Å². The Morgan fingerprint density at radius 3 is 2.68 bits per heavy atom. The molecular formula is C24H31FN4O2. The molecule has 0 bridgehead atoms. The first kappa shape index (κ1) is 21.7. The largest absolute Gasteiger partial charge is 0.381 e. The van der Waals surface area contributed by atoms with E-state index in [0.717, 1.165) is 29.9 Å². The van der Waals surface area contributed by atoms with E-state index in [4.69, 9.17) is 9.72 Å². The molecule has 1 aromatic heterocycles. The summed E-state index contributed by atoms with van der Waals surface area (Å²) in [5, 5.41) is 3.10. The van der Waals surface area contributed by atoms with Crippen molar-refractivity contribution in [2.45, 2.75) is 50.4 Å². The van der Waals surface area contributed by atoms with E-state index < -0.39 is 5.41 Å². The number of anilines is 1. The van der Waals surface area contributed by atoms with Crippen LogP contribution in [-0.4, -0.2) is 54.1 Å². The molecule has 1 N–H and O–H groups in total. The lowest BCUT2D eigenvalue weighted by Gasteiger charge is -2.45. The van der Waals surface area contributed by atoms with Crippen molar-refractivity contribution in [2.75, 3.05) is 38.7 Å². The third-order valence-electron chi connectivity index (χ3n) is 6.83. The lowest BCUT2D eigenvalue weighted by molar-refractivity contribution is -0.143. The molecule has 0 radical (unpaired) electrons. The SMILES string of the molecule is CNc1cc([C@@]2(C)CCCN(C(=O)C3(c4cccc(F)c4)CCOCC3)C2)nc(C)n1. The molecule has 2 aliphatic rings. The quantitative estimate of drug-likeness (QED) is 0.809. The number of ether oxygens (including phenoxy) is 1. The minimum atomic E-state index is -0.740. The predicted molar refractivity (Wildman–Crippen MR) is 118 cm³/mol. The van der Waals surface area contributed by atoms with Gasteiger partial charge in [0.05, 0.1) is 11.1 Å². The maximum absolute atomic E-state index is 14.1. The van der Waals surface area contributed by atoms with Crippen LogP contribution >= 0.6 is 0 Å². The van der Waals surface area contributed by atoms with Gasteiger partial charge in [-0.25, -0.2) is 14.4 Å². The second kappa shape index (κ2) is 8.54. The molecule has 0 unspecified atom stereocenters. The first-order chi connectivity index (χ1) is 14.9. The second-order valence-corrected chi connectivity index (χ2v) is 9.03. The van der Waals surface area contributed by atoms with Gasteiger partial charge in [-0.15, -0.1) is 0 Å². The topological polar surface area (TPSA) is 67.4 Å². The molecule has 3 heterocycles. The van der Waals surface area contributed by atoms with Gasteiger partial charge in [-0.3, -0.25) is 4.79 Å². The first-order valence-corrected chi connectivity index (χ1v) is 11.0. The number of amides is 1. The van der Waals surface area contributed by atoms with Gasteiger partial charge in [-0.05, 0) is 50.3 Å². The fourth-order valence-corrected chi connectivity index (χ4v) is 5.06. The van der Waals surface area contributed by atoms with Crippen LogP contribution in [0.1, 0.15) is 49.7 Å². The van der Waals surface area contributed by atoms with Crippen molar-refractivity contribution in [2.24, 2.45) is 0 Å². The number of carbonyl (C=O) groups is 1. The summed E-state index contributed by atoms with van der Waals surface area (Å²) in [6, 6.07) is 8.49. The van der Waals surface area contributed by atoms with Crippen LogP contribution in [0.4, 0.5) is 10.2 Å². The van der Waals surface area contributed by atoms with Gasteiger partial charge in [0.25, 0.3) is 0 Å². The lowest BCUT2D eigenvalue weighted by Crippen LogP contribution is -2.55. The molecule has 31 heavy (non-hydrogen) atoms. The summed E-state index contributed by atoms with van der Waals surface area (Å²) in [4.78, 5) is 25.1. The van der Waals surface area contributed by atoms with E-state index in [0.29, 0.717) is 45.0 Å². The van der Waals surface area contributed by atoms with E-state index in [1.807, 2.05) is 31.0 Å². The number of benzene rings is 1. The summed E-state index contributed by atoms with van der Waals surface area (Å²) >= 11 is 0. The third-order valence-corrected chi connectivity index (χ3v) is 6.83. The molecule has 1 amide bonds. The zero-order valence-corrected chi connectivity index (χ0v) is 18.6. The molecule has 4 rings (SSSR count). The molecule has 2 aliphatic heterocycles. The Kier molecular flexibility index (Phi) is 5.97. The van der Waals surface area contributed by atoms with Crippen LogP contribution in [0.25, 0.3) is 0 Å². The summed E-state index contributed by atoms with van der Waals surface area (Å²) in [6.07, 6.45) is 2.99. The molecule has 6 nitrogen and oxygen atoms in total. The van der Waals surface area contributed by atoms with Gasteiger partial charge in [0.15, 0.2) is 0 Å². The van der Waals surface area contributed by atoms with Crippen LogP contribution in [0.5, 0.6) is 0 Å². The Morgan fingerprint density at radius 1 is 1.19 bits per heavy atom. The number of hydrogen-bond acceptors (Lipinski definition) is 5. The van der Waals surface area contributed by atoms with E-state index in [9.17, 15) is 9.18 Å². The number of nitrogens with zero attached hydrogens (tertiary/aromatic N) is 3. The van der Waals surface area contributed by atoms with Gasteiger partial charge in [0.1, 0.15) is 17.5 Å². The maximum atomic E-state index is 14.1. The number of rotatable bonds is 4. The summed E-state index contributed by atoms with van der Waals surface area (Å²) in [7, 11) is 1.85. The Labute approximate surface area is 183 Å². The summed E-state index contributed by atoms with van der Waals surface area (Å²) in [6.45, 7) is 6.36. The monoisotopic (exact) mass is 426 g/mol. The van der Waals surface area contributed by atoms with Crippen molar-refractivity contribution in [1.82, 2.24) is 14.9 Å². The first-order valence-electron chi connectivity index (χ1n) is 11.0. The number of aromatic nitrogens is 2. The number of aryl methyl sites for hydroxylation is 1. The van der Waals surface area contributed by atoms with Crippen molar-refractivity contribution >= 4 is 11.7 Å². The van der Waals surface area contributed by atoms with Crippen LogP contribution in [0.3, 0.4) is 0 Å². The molecule has 2 saturated heterocycles. The molecule has 0 saturated carbocycles. The van der Waals surface area contributed by atoms with E-state index >= 15 is 0 Å². The molecule has 166 valence electrons. The molecule has 0 spiro atoms. The standard InChI is InChI=1S/C24H31FN4O2/c1-17-27-20(15-21(26-3)28-17)23(2)8-5-11-29(16-23)22(30)24(9-12-31-13-10-24)18-6-4-7-19(25)14-18/h4,6-7,14-15H,5,8-13,16H2,1-3H3,(H,26,27,28)/t23-/m0/s1. The van der Waals surface area contributed by atoms with Gasteiger partial charge in [0.2, 0.25) is 5.91 Å². The highest BCUT2D eigenvalue weighted by molar-refractivity contribution is 5.88. The van der Waals surface area contributed by atoms with Gasteiger partial charge in [0, 0.05) is 44.8 Å². The Hall–Kier alpha value is -2.54. The minimum absolute atomic E-state index is 0.0759. The Bertz CT molecular complexity index is 960. The Morgan fingerprint density at radius 2 is 1.97 bits per heavy atom. The van der Waals surface area contributed by atoms with E-state index in [1.54, 1.807) is 6.07 Å². The van der Waals surface area contributed by atoms with Crippen molar-refractivity contribution in [3.05, 3.63) is 53.2 Å². The average molecular weight is 427 g/mol. The summed E-state index contributed by atoms with van der Waals surface area (Å²) < 4.78 is 19.6. The number of nitrogens with one attached hydrogen (secondary N) is 1. The fraction of sp³-hybridized carbons (Fsp3) is 0.542. The lowest BCUT2D eigenvalue weighted by atomic mass is 9.71. The maximum Gasteiger partial charge on any atom is 0.233 e. The number of carbonyl (C=O) groups excluding carboxylic acids is 1. The Balaban J connectivity index is 1.66. The van der Waals surface area contributed by atoms with Crippen LogP contribution in [0.2, 0.25) is 0 Å². The van der Waals surface area contributed by atoms with Gasteiger partial charge in [-0.2, -0.15) is 0 Å². The van der Waals surface area contributed by atoms with Crippen molar-refractivity contribution in [3.8, 4) is 0 Å². The smallest absolute Gasteiger partial charge is 0.233 e. The zero-order chi connectivity index (χ0) is 22.1. The van der Waals surface area contributed by atoms with Crippen LogP contribution in [0, 0.1) is 12.7 Å². The summed E-state index contributed by atoms with van der Waals surface area (Å²) in [5.74, 6) is 1.27. The van der Waals surface area contributed by atoms with Gasteiger partial charge < -0.3 is 15.0 Å². The highest BCUT2D eigenvalue weighted by Crippen LogP contribution is 2.40.